The van der Waals surface area contributed by atoms with Crippen LogP contribution in [0.25, 0.3) is 10.8 Å². The van der Waals surface area contributed by atoms with E-state index in [0.717, 1.165) is 22.2 Å². The lowest BCUT2D eigenvalue weighted by molar-refractivity contribution is -0.120. The van der Waals surface area contributed by atoms with E-state index in [9.17, 15) is 9.90 Å². The fraction of sp³-hybridized carbons (Fsp3) is 0.0741. The van der Waals surface area contributed by atoms with Crippen molar-refractivity contribution in [2.45, 2.75) is 5.41 Å². The summed E-state index contributed by atoms with van der Waals surface area (Å²) in [5, 5.41) is 12.9. The van der Waals surface area contributed by atoms with Crippen LogP contribution in [0.2, 0.25) is 0 Å². The third-order valence-corrected chi connectivity index (χ3v) is 5.77. The largest absolute Gasteiger partial charge is 0.507 e. The molecule has 4 aromatic rings. The van der Waals surface area contributed by atoms with Gasteiger partial charge in [-0.25, -0.2) is 0 Å². The second kappa shape index (κ2) is 6.79. The summed E-state index contributed by atoms with van der Waals surface area (Å²) < 4.78 is 0. The third-order valence-electron chi connectivity index (χ3n) is 5.77. The molecule has 0 bridgehead atoms. The maximum atomic E-state index is 13.7. The minimum absolute atomic E-state index is 0.0916. The van der Waals surface area contributed by atoms with Gasteiger partial charge in [-0.3, -0.25) is 4.79 Å². The van der Waals surface area contributed by atoms with E-state index in [-0.39, 0.29) is 11.7 Å². The van der Waals surface area contributed by atoms with Gasteiger partial charge >= 0.3 is 0 Å². The molecule has 0 fully saturated rings. The van der Waals surface area contributed by atoms with Gasteiger partial charge in [-0.05, 0) is 23.6 Å². The average Bonchev–Trinajstić information content (AvgIpc) is 3.01. The monoisotopic (exact) mass is 389 g/mol. The molecule has 3 heteroatoms. The van der Waals surface area contributed by atoms with Gasteiger partial charge in [-0.1, -0.05) is 84.6 Å². The van der Waals surface area contributed by atoms with Crippen LogP contribution >= 0.6 is 0 Å². The number of aromatic hydroxyl groups is 1. The first-order valence-electron chi connectivity index (χ1n) is 9.80. The van der Waals surface area contributed by atoms with Crippen LogP contribution in [-0.4, -0.2) is 18.1 Å². The summed E-state index contributed by atoms with van der Waals surface area (Å²) >= 11 is 0. The summed E-state index contributed by atoms with van der Waals surface area (Å²) in [5.41, 5.74) is 1.63. The molecule has 1 heterocycles. The number of phenolic OH excluding ortho intramolecular Hbond substituents is 1. The van der Waals surface area contributed by atoms with Gasteiger partial charge in [-0.2, -0.15) is 0 Å². The Bertz CT molecular complexity index is 1350. The number of likely N-dealkylation sites (N-methyl/N-ethyl adjacent to an activating group) is 1. The van der Waals surface area contributed by atoms with Gasteiger partial charge in [0.15, 0.2) is 5.41 Å². The summed E-state index contributed by atoms with van der Waals surface area (Å²) in [4.78, 5) is 15.3. The molecule has 3 nitrogen and oxygen atoms in total. The number of anilines is 1. The Morgan fingerprint density at radius 1 is 0.800 bits per heavy atom. The standard InChI is InChI=1S/C27H19NO2/c1-28-24-14-8-7-13-22(24)27(26(28)30,18-17-19-9-3-2-4-10-19)23-16-15-20-11-5-6-12-21(20)25(23)29/h2-16,29H,1H3. The fourth-order valence-electron chi connectivity index (χ4n) is 4.25. The predicted octanol–water partition coefficient (Wildman–Crippen LogP) is 4.86. The van der Waals surface area contributed by atoms with Crippen LogP contribution in [-0.2, 0) is 10.2 Å². The number of hydrogen-bond donors (Lipinski definition) is 1. The second-order valence-electron chi connectivity index (χ2n) is 7.43. The van der Waals surface area contributed by atoms with E-state index in [1.165, 1.54) is 0 Å². The minimum atomic E-state index is -1.28. The quantitative estimate of drug-likeness (QED) is 0.472. The highest BCUT2D eigenvalue weighted by atomic mass is 16.3. The lowest BCUT2D eigenvalue weighted by Gasteiger charge is -2.25. The van der Waals surface area contributed by atoms with Crippen molar-refractivity contribution >= 4 is 22.4 Å². The summed E-state index contributed by atoms with van der Waals surface area (Å²) in [5.74, 6) is 6.38. The molecule has 0 saturated heterocycles. The van der Waals surface area contributed by atoms with Gasteiger partial charge in [0.25, 0.3) is 5.91 Å². The number of carbonyl (C=O) groups excluding carboxylic acids is 1. The van der Waals surface area contributed by atoms with Crippen molar-refractivity contribution in [1.82, 2.24) is 0 Å². The maximum Gasteiger partial charge on any atom is 0.254 e. The molecular weight excluding hydrogens is 370 g/mol. The van der Waals surface area contributed by atoms with E-state index in [1.807, 2.05) is 91.0 Å². The van der Waals surface area contributed by atoms with Crippen LogP contribution < -0.4 is 4.90 Å². The molecule has 4 aromatic carbocycles. The normalized spacial score (nSPS) is 17.5. The van der Waals surface area contributed by atoms with E-state index in [1.54, 1.807) is 11.9 Å². The van der Waals surface area contributed by atoms with Gasteiger partial charge in [0.05, 0.1) is 0 Å². The molecule has 0 aliphatic carbocycles. The SMILES string of the molecule is CN1C(=O)C(C#Cc2ccccc2)(c2ccc3ccccc3c2O)c2ccccc21. The fourth-order valence-corrected chi connectivity index (χ4v) is 4.25. The van der Waals surface area contributed by atoms with Crippen molar-refractivity contribution in [2.75, 3.05) is 11.9 Å². The minimum Gasteiger partial charge on any atom is -0.507 e. The Balaban J connectivity index is 1.85. The van der Waals surface area contributed by atoms with Crippen LogP contribution in [0.1, 0.15) is 16.7 Å². The Morgan fingerprint density at radius 3 is 2.33 bits per heavy atom. The van der Waals surface area contributed by atoms with Crippen molar-refractivity contribution in [2.24, 2.45) is 0 Å². The van der Waals surface area contributed by atoms with E-state index in [0.29, 0.717) is 10.9 Å². The Kier molecular flexibility index (Phi) is 4.08. The van der Waals surface area contributed by atoms with Crippen molar-refractivity contribution in [1.29, 1.82) is 0 Å². The first-order valence-corrected chi connectivity index (χ1v) is 9.80. The molecular formula is C27H19NO2. The first-order chi connectivity index (χ1) is 14.6. The zero-order valence-corrected chi connectivity index (χ0v) is 16.5. The van der Waals surface area contributed by atoms with Crippen LogP contribution in [0.15, 0.2) is 91.0 Å². The molecule has 1 atom stereocenters. The van der Waals surface area contributed by atoms with Crippen molar-refractivity contribution in [3.05, 3.63) is 108 Å². The van der Waals surface area contributed by atoms with Gasteiger partial charge in [0.2, 0.25) is 0 Å². The second-order valence-corrected chi connectivity index (χ2v) is 7.43. The Hall–Kier alpha value is -4.03. The molecule has 0 spiro atoms. The molecule has 1 unspecified atom stereocenters. The molecule has 0 radical (unpaired) electrons. The maximum absolute atomic E-state index is 13.7. The number of para-hydroxylation sites is 1. The van der Waals surface area contributed by atoms with E-state index >= 15 is 0 Å². The van der Waals surface area contributed by atoms with Crippen molar-refractivity contribution in [3.8, 4) is 17.6 Å². The highest BCUT2D eigenvalue weighted by molar-refractivity contribution is 6.13. The van der Waals surface area contributed by atoms with Gasteiger partial charge in [0, 0.05) is 34.8 Å². The highest BCUT2D eigenvalue weighted by Gasteiger charge is 2.51. The lowest BCUT2D eigenvalue weighted by Crippen LogP contribution is -2.38. The van der Waals surface area contributed by atoms with Crippen LogP contribution in [0.4, 0.5) is 5.69 Å². The molecule has 0 saturated carbocycles. The summed E-state index contributed by atoms with van der Waals surface area (Å²) in [6, 6.07) is 28.6. The third kappa shape index (κ3) is 2.51. The number of rotatable bonds is 1. The van der Waals surface area contributed by atoms with Crippen molar-refractivity contribution < 1.29 is 9.90 Å². The van der Waals surface area contributed by atoms with Crippen LogP contribution in [0, 0.1) is 11.8 Å². The lowest BCUT2D eigenvalue weighted by atomic mass is 9.74. The molecule has 1 aliphatic rings. The number of hydrogen-bond acceptors (Lipinski definition) is 2. The average molecular weight is 389 g/mol. The van der Waals surface area contributed by atoms with E-state index in [4.69, 9.17) is 0 Å². The molecule has 1 amide bonds. The molecule has 1 N–H and O–H groups in total. The van der Waals surface area contributed by atoms with Gasteiger partial charge in [0.1, 0.15) is 5.75 Å². The number of fused-ring (bicyclic) bond motifs is 2. The summed E-state index contributed by atoms with van der Waals surface area (Å²) in [7, 11) is 1.76. The van der Waals surface area contributed by atoms with Gasteiger partial charge in [-0.15, -0.1) is 0 Å². The summed E-state index contributed by atoms with van der Waals surface area (Å²) in [6.07, 6.45) is 0. The first kappa shape index (κ1) is 18.0. The Labute approximate surface area is 175 Å². The smallest absolute Gasteiger partial charge is 0.254 e. The highest BCUT2D eigenvalue weighted by Crippen LogP contribution is 2.49. The van der Waals surface area contributed by atoms with Gasteiger partial charge < -0.3 is 10.0 Å². The zero-order chi connectivity index (χ0) is 20.7. The number of nitrogens with zero attached hydrogens (tertiary/aromatic N) is 1. The molecule has 0 aromatic heterocycles. The predicted molar refractivity (Wildman–Crippen MR) is 120 cm³/mol. The molecule has 5 rings (SSSR count). The molecule has 144 valence electrons. The molecule has 1 aliphatic heterocycles. The summed E-state index contributed by atoms with van der Waals surface area (Å²) in [6.45, 7) is 0. The number of phenols is 1. The topological polar surface area (TPSA) is 40.5 Å². The molecule has 30 heavy (non-hydrogen) atoms. The van der Waals surface area contributed by atoms with Crippen molar-refractivity contribution in [3.63, 3.8) is 0 Å². The van der Waals surface area contributed by atoms with E-state index < -0.39 is 5.41 Å². The number of amides is 1. The number of benzene rings is 4. The Morgan fingerprint density at radius 2 is 1.50 bits per heavy atom. The zero-order valence-electron chi connectivity index (χ0n) is 16.5. The van der Waals surface area contributed by atoms with Crippen LogP contribution in [0.3, 0.4) is 0 Å². The van der Waals surface area contributed by atoms with E-state index in [2.05, 4.69) is 11.8 Å². The number of carbonyl (C=O) groups is 1. The van der Waals surface area contributed by atoms with Crippen LogP contribution in [0.5, 0.6) is 5.75 Å².